The monoisotopic (exact) mass is 390 g/mol. The molecule has 0 aliphatic rings. The Kier molecular flexibility index (Phi) is 5.24. The van der Waals surface area contributed by atoms with Crippen molar-refractivity contribution in [3.05, 3.63) is 68.5 Å². The lowest BCUT2D eigenvalue weighted by Crippen LogP contribution is -2.14. The summed E-state index contributed by atoms with van der Waals surface area (Å²) in [4.78, 5) is -0.325. The van der Waals surface area contributed by atoms with Gasteiger partial charge in [-0.15, -0.1) is 0 Å². The minimum atomic E-state index is -3.93. The van der Waals surface area contributed by atoms with Gasteiger partial charge in [0, 0.05) is 10.2 Å². The molecular weight excluding hydrogens is 376 g/mol. The fourth-order valence-electron chi connectivity index (χ4n) is 1.95. The number of nitrogens with one attached hydrogen (secondary N) is 1. The van der Waals surface area contributed by atoms with Crippen LogP contribution in [0.4, 0.5) is 5.69 Å². The van der Waals surface area contributed by atoms with E-state index in [1.807, 2.05) is 32.0 Å². The molecular formula is C17H15BrN2O2S. The van der Waals surface area contributed by atoms with Gasteiger partial charge in [-0.05, 0) is 55.3 Å². The summed E-state index contributed by atoms with van der Waals surface area (Å²) >= 11 is 3.29. The van der Waals surface area contributed by atoms with Crippen LogP contribution in [-0.2, 0) is 10.0 Å². The highest BCUT2D eigenvalue weighted by atomic mass is 79.9. The zero-order valence-corrected chi connectivity index (χ0v) is 15.1. The summed E-state index contributed by atoms with van der Waals surface area (Å²) in [6.45, 7) is 3.78. The van der Waals surface area contributed by atoms with E-state index in [1.54, 1.807) is 30.3 Å². The first-order valence-corrected chi connectivity index (χ1v) is 9.07. The maximum Gasteiger partial charge on any atom is 0.272 e. The number of hydrogen-bond donors (Lipinski definition) is 1. The maximum absolute atomic E-state index is 12.4. The Balaban J connectivity index is 2.39. The summed E-state index contributed by atoms with van der Waals surface area (Å²) in [6.07, 6.45) is 1.39. The second kappa shape index (κ2) is 6.99. The van der Waals surface area contributed by atoms with Gasteiger partial charge in [0.1, 0.15) is 6.07 Å². The molecule has 0 spiro atoms. The van der Waals surface area contributed by atoms with E-state index in [1.165, 1.54) is 6.08 Å². The Morgan fingerprint density at radius 3 is 2.43 bits per heavy atom. The average molecular weight is 391 g/mol. The number of allylic oxidation sites excluding steroid dienone is 1. The highest BCUT2D eigenvalue weighted by molar-refractivity contribution is 9.10. The van der Waals surface area contributed by atoms with Gasteiger partial charge in [-0.3, -0.25) is 4.72 Å². The predicted molar refractivity (Wildman–Crippen MR) is 96.2 cm³/mol. The normalized spacial score (nSPS) is 11.8. The third-order valence-electron chi connectivity index (χ3n) is 3.22. The molecule has 0 heterocycles. The molecule has 2 aromatic rings. The zero-order chi connectivity index (χ0) is 17.0. The van der Waals surface area contributed by atoms with Crippen molar-refractivity contribution in [1.29, 1.82) is 5.26 Å². The molecule has 0 bridgehead atoms. The molecule has 1 N–H and O–H groups in total. The number of rotatable bonds is 4. The van der Waals surface area contributed by atoms with Crippen LogP contribution in [0.2, 0.25) is 0 Å². The van der Waals surface area contributed by atoms with E-state index in [0.29, 0.717) is 11.3 Å². The molecule has 6 heteroatoms. The van der Waals surface area contributed by atoms with Crippen molar-refractivity contribution in [1.82, 2.24) is 0 Å². The zero-order valence-electron chi connectivity index (χ0n) is 12.7. The summed E-state index contributed by atoms with van der Waals surface area (Å²) in [6, 6.07) is 14.1. The summed E-state index contributed by atoms with van der Waals surface area (Å²) in [5.74, 6) is 0. The van der Waals surface area contributed by atoms with Gasteiger partial charge in [0.25, 0.3) is 10.0 Å². The van der Waals surface area contributed by atoms with Gasteiger partial charge in [-0.2, -0.15) is 5.26 Å². The van der Waals surface area contributed by atoms with Crippen molar-refractivity contribution in [2.45, 2.75) is 13.8 Å². The number of benzene rings is 2. The second-order valence-corrected chi connectivity index (χ2v) is 7.66. The molecule has 0 aliphatic carbocycles. The van der Waals surface area contributed by atoms with Crippen molar-refractivity contribution < 1.29 is 8.42 Å². The van der Waals surface area contributed by atoms with E-state index in [4.69, 9.17) is 0 Å². The molecule has 4 nitrogen and oxygen atoms in total. The molecule has 0 aliphatic heterocycles. The molecule has 0 fully saturated rings. The Hall–Kier alpha value is -2.10. The number of hydrogen-bond acceptors (Lipinski definition) is 3. The third kappa shape index (κ3) is 4.44. The molecule has 0 saturated heterocycles. The fraction of sp³-hybridized carbons (Fsp3) is 0.118. The SMILES string of the molecule is Cc1ccc(C)c(/C=C(\C#N)S(=O)(=O)Nc2ccc(Br)cc2)c1. The van der Waals surface area contributed by atoms with Crippen LogP contribution in [0.25, 0.3) is 6.08 Å². The Bertz CT molecular complexity index is 895. The molecule has 0 amide bonds. The van der Waals surface area contributed by atoms with Crippen molar-refractivity contribution in [2.75, 3.05) is 4.72 Å². The lowest BCUT2D eigenvalue weighted by Gasteiger charge is -2.08. The molecule has 0 radical (unpaired) electrons. The van der Waals surface area contributed by atoms with Gasteiger partial charge >= 0.3 is 0 Å². The first-order chi connectivity index (χ1) is 10.8. The van der Waals surface area contributed by atoms with Crippen LogP contribution in [0.15, 0.2) is 51.8 Å². The topological polar surface area (TPSA) is 70.0 Å². The molecule has 2 aromatic carbocycles. The Morgan fingerprint density at radius 2 is 1.83 bits per heavy atom. The molecule has 0 atom stereocenters. The van der Waals surface area contributed by atoms with Gasteiger partial charge in [0.05, 0.1) is 0 Å². The predicted octanol–water partition coefficient (Wildman–Crippen LogP) is 4.37. The molecule has 2 rings (SSSR count). The number of sulfonamides is 1. The van der Waals surface area contributed by atoms with Gasteiger partial charge in [-0.1, -0.05) is 39.7 Å². The molecule has 23 heavy (non-hydrogen) atoms. The lowest BCUT2D eigenvalue weighted by atomic mass is 10.1. The van der Waals surface area contributed by atoms with Gasteiger partial charge < -0.3 is 0 Å². The van der Waals surface area contributed by atoms with Crippen LogP contribution in [-0.4, -0.2) is 8.42 Å². The number of anilines is 1. The number of nitriles is 1. The van der Waals surface area contributed by atoms with E-state index >= 15 is 0 Å². The largest absolute Gasteiger partial charge is 0.279 e. The van der Waals surface area contributed by atoms with Gasteiger partial charge in [0.15, 0.2) is 4.91 Å². The first-order valence-electron chi connectivity index (χ1n) is 6.79. The van der Waals surface area contributed by atoms with Crippen LogP contribution in [0.3, 0.4) is 0 Å². The highest BCUT2D eigenvalue weighted by Crippen LogP contribution is 2.20. The summed E-state index contributed by atoms with van der Waals surface area (Å²) in [5.41, 5.74) is 3.01. The minimum Gasteiger partial charge on any atom is -0.279 e. The van der Waals surface area contributed by atoms with Gasteiger partial charge in [0.2, 0.25) is 0 Å². The van der Waals surface area contributed by atoms with Crippen LogP contribution in [0, 0.1) is 25.2 Å². The number of aryl methyl sites for hydroxylation is 2. The van der Waals surface area contributed by atoms with E-state index in [9.17, 15) is 13.7 Å². The first kappa shape index (κ1) is 17.3. The Labute approximate surface area is 144 Å². The maximum atomic E-state index is 12.4. The second-order valence-electron chi connectivity index (χ2n) is 5.09. The summed E-state index contributed by atoms with van der Waals surface area (Å²) in [5, 5.41) is 9.26. The van der Waals surface area contributed by atoms with E-state index in [-0.39, 0.29) is 4.91 Å². The van der Waals surface area contributed by atoms with Crippen molar-refractivity contribution >= 4 is 37.7 Å². The molecule has 0 saturated carbocycles. The van der Waals surface area contributed by atoms with Crippen LogP contribution in [0.1, 0.15) is 16.7 Å². The third-order valence-corrected chi connectivity index (χ3v) is 5.04. The van der Waals surface area contributed by atoms with Crippen molar-refractivity contribution in [2.24, 2.45) is 0 Å². The summed E-state index contributed by atoms with van der Waals surface area (Å²) in [7, 11) is -3.93. The number of halogens is 1. The Morgan fingerprint density at radius 1 is 1.17 bits per heavy atom. The number of nitrogens with zero attached hydrogens (tertiary/aromatic N) is 1. The van der Waals surface area contributed by atoms with Crippen molar-refractivity contribution in [3.8, 4) is 6.07 Å². The van der Waals surface area contributed by atoms with E-state index in [2.05, 4.69) is 20.7 Å². The highest BCUT2D eigenvalue weighted by Gasteiger charge is 2.18. The van der Waals surface area contributed by atoms with E-state index < -0.39 is 10.0 Å². The minimum absolute atomic E-state index is 0.325. The van der Waals surface area contributed by atoms with Crippen LogP contribution < -0.4 is 4.72 Å². The molecule has 118 valence electrons. The quantitative estimate of drug-likeness (QED) is 0.787. The molecule has 0 aromatic heterocycles. The van der Waals surface area contributed by atoms with Crippen LogP contribution in [0.5, 0.6) is 0 Å². The average Bonchev–Trinajstić information content (AvgIpc) is 2.50. The van der Waals surface area contributed by atoms with E-state index in [0.717, 1.165) is 15.6 Å². The lowest BCUT2D eigenvalue weighted by molar-refractivity contribution is 0.608. The van der Waals surface area contributed by atoms with Crippen molar-refractivity contribution in [3.63, 3.8) is 0 Å². The fourth-order valence-corrected chi connectivity index (χ4v) is 3.18. The van der Waals surface area contributed by atoms with Gasteiger partial charge in [-0.25, -0.2) is 8.42 Å². The standard InChI is InChI=1S/C17H15BrN2O2S/c1-12-3-4-13(2)14(9-12)10-17(11-19)23(21,22)20-16-7-5-15(18)6-8-16/h3-10,20H,1-2H3/b17-10+. The summed E-state index contributed by atoms with van der Waals surface area (Å²) < 4.78 is 28.1. The van der Waals surface area contributed by atoms with Crippen LogP contribution >= 0.6 is 15.9 Å². The smallest absolute Gasteiger partial charge is 0.272 e. The molecule has 0 unspecified atom stereocenters.